The fraction of sp³-hybridized carbons (Fsp3) is 0.345. The van der Waals surface area contributed by atoms with E-state index < -0.39 is 17.5 Å². The van der Waals surface area contributed by atoms with Crippen molar-refractivity contribution in [2.75, 3.05) is 0 Å². The van der Waals surface area contributed by atoms with Crippen molar-refractivity contribution < 1.29 is 36.7 Å². The number of rotatable bonds is 8. The van der Waals surface area contributed by atoms with Crippen LogP contribution in [-0.2, 0) is 16.1 Å². The molecule has 7 nitrogen and oxygen atoms in total. The van der Waals surface area contributed by atoms with Gasteiger partial charge < -0.3 is 31.8 Å². The minimum absolute atomic E-state index is 0. The molecule has 3 aliphatic rings. The number of aliphatic carboxylic acids is 1. The second-order valence-electron chi connectivity index (χ2n) is 10.6. The molecule has 1 saturated carbocycles. The van der Waals surface area contributed by atoms with Gasteiger partial charge in [0.2, 0.25) is 5.84 Å². The molecule has 0 aromatic heterocycles. The summed E-state index contributed by atoms with van der Waals surface area (Å²) < 4.78 is 12.0. The molecule has 0 saturated heterocycles. The topological polar surface area (TPSA) is 87.8 Å². The molecule has 2 unspecified atom stereocenters. The van der Waals surface area contributed by atoms with Crippen molar-refractivity contribution in [2.24, 2.45) is 21.3 Å². The Morgan fingerprint density at radius 2 is 1.89 bits per heavy atom. The number of allylic oxidation sites excluding steroid dienone is 2. The molecule has 0 radical (unpaired) electrons. The van der Waals surface area contributed by atoms with Gasteiger partial charge in [-0.1, -0.05) is 57.2 Å². The molecule has 2 aromatic carbocycles. The number of carbonyl (C=O) groups is 1. The summed E-state index contributed by atoms with van der Waals surface area (Å²) in [6.45, 7) is 6.06. The monoisotopic (exact) mass is 520 g/mol. The highest BCUT2D eigenvalue weighted by atomic mass is 35.5. The highest BCUT2D eigenvalue weighted by Crippen LogP contribution is 2.40. The standard InChI is InChI=1S/C29H31N3O4.ClH/c1-29(2,3)26(28(33)34)36-23-15-21(16-23)25-24-17-30-12-13-32(24)27(31-25)20-10-7-11-22(14-20)35-18-19-8-5-4-6-9-19;/h4-14,17,21,23,26H,15-16,18H2,1-3H3,(H,33,34);1H/p-1. The van der Waals surface area contributed by atoms with Crippen LogP contribution in [0.15, 0.2) is 88.4 Å². The first kappa shape index (κ1) is 26.8. The Kier molecular flexibility index (Phi) is 7.97. The number of ether oxygens (including phenoxy) is 2. The SMILES string of the molecule is CC(C)(C)C(OC1CC(C2=C3C=NC=C[NH+]3C(c3cccc(OCc4ccccc4)c3)=N2)C1)C(=O)[O-].[Cl-]. The number of carbonyl (C=O) groups excluding carboxylic acids is 1. The summed E-state index contributed by atoms with van der Waals surface area (Å²) in [6.07, 6.45) is 6.03. The van der Waals surface area contributed by atoms with E-state index in [0.29, 0.717) is 6.61 Å². The molecule has 2 atom stereocenters. The zero-order valence-corrected chi connectivity index (χ0v) is 21.9. The number of fused-ring (bicyclic) bond motifs is 1. The Hall–Kier alpha value is -3.26. The van der Waals surface area contributed by atoms with Gasteiger partial charge in [-0.05, 0) is 42.0 Å². The predicted octanol–water partition coefficient (Wildman–Crippen LogP) is -0.358. The van der Waals surface area contributed by atoms with Crippen LogP contribution in [0.1, 0.15) is 44.7 Å². The van der Waals surface area contributed by atoms with Crippen LogP contribution in [0.3, 0.4) is 0 Å². The molecule has 37 heavy (non-hydrogen) atoms. The van der Waals surface area contributed by atoms with Crippen LogP contribution in [0.4, 0.5) is 0 Å². The third kappa shape index (κ3) is 5.85. The number of amidine groups is 1. The third-order valence-electron chi connectivity index (χ3n) is 6.75. The maximum Gasteiger partial charge on any atom is 0.243 e. The van der Waals surface area contributed by atoms with E-state index in [4.69, 9.17) is 14.5 Å². The van der Waals surface area contributed by atoms with Gasteiger partial charge in [0.15, 0.2) is 5.70 Å². The Bertz CT molecular complexity index is 1260. The van der Waals surface area contributed by atoms with E-state index in [1.54, 1.807) is 6.20 Å². The lowest BCUT2D eigenvalue weighted by molar-refractivity contribution is -0.689. The second kappa shape index (κ2) is 11.0. The van der Waals surface area contributed by atoms with E-state index in [1.807, 2.05) is 87.8 Å². The smallest absolute Gasteiger partial charge is 0.243 e. The molecule has 1 fully saturated rings. The molecule has 2 heterocycles. The Morgan fingerprint density at radius 1 is 1.14 bits per heavy atom. The van der Waals surface area contributed by atoms with E-state index in [-0.39, 0.29) is 24.4 Å². The Labute approximate surface area is 223 Å². The summed E-state index contributed by atoms with van der Waals surface area (Å²) in [7, 11) is 0. The van der Waals surface area contributed by atoms with E-state index in [2.05, 4.69) is 4.99 Å². The first-order valence-corrected chi connectivity index (χ1v) is 12.3. The Morgan fingerprint density at radius 3 is 2.59 bits per heavy atom. The number of hydrogen-bond acceptors (Lipinski definition) is 6. The predicted molar refractivity (Wildman–Crippen MR) is 135 cm³/mol. The van der Waals surface area contributed by atoms with Gasteiger partial charge in [0.1, 0.15) is 30.4 Å². The van der Waals surface area contributed by atoms with Gasteiger partial charge >= 0.3 is 0 Å². The van der Waals surface area contributed by atoms with Gasteiger partial charge in [0.25, 0.3) is 0 Å². The molecule has 0 spiro atoms. The first-order valence-electron chi connectivity index (χ1n) is 12.3. The van der Waals surface area contributed by atoms with Gasteiger partial charge in [-0.25, -0.2) is 4.90 Å². The van der Waals surface area contributed by atoms with E-state index >= 15 is 0 Å². The number of quaternary nitrogens is 1. The molecular weight excluding hydrogens is 490 g/mol. The second-order valence-corrected chi connectivity index (χ2v) is 10.6. The van der Waals surface area contributed by atoms with Crippen LogP contribution in [0.5, 0.6) is 5.75 Å². The van der Waals surface area contributed by atoms with Gasteiger partial charge in [-0.2, -0.15) is 4.99 Å². The van der Waals surface area contributed by atoms with Gasteiger partial charge in [0.05, 0.1) is 30.1 Å². The van der Waals surface area contributed by atoms with Crippen molar-refractivity contribution in [1.29, 1.82) is 0 Å². The third-order valence-corrected chi connectivity index (χ3v) is 6.75. The van der Waals surface area contributed by atoms with Crippen LogP contribution in [0, 0.1) is 11.3 Å². The highest BCUT2D eigenvalue weighted by Gasteiger charge is 2.43. The number of halogens is 1. The van der Waals surface area contributed by atoms with Crippen LogP contribution >= 0.6 is 0 Å². The molecule has 1 aliphatic carbocycles. The van der Waals surface area contributed by atoms with Crippen LogP contribution in [0.25, 0.3) is 0 Å². The van der Waals surface area contributed by atoms with Crippen LogP contribution in [0.2, 0.25) is 0 Å². The minimum atomic E-state index is -1.16. The summed E-state index contributed by atoms with van der Waals surface area (Å²) in [5, 5.41) is 11.6. The van der Waals surface area contributed by atoms with Crippen molar-refractivity contribution in [3.05, 3.63) is 89.5 Å². The van der Waals surface area contributed by atoms with E-state index in [9.17, 15) is 9.90 Å². The average molecular weight is 521 g/mol. The lowest BCUT2D eigenvalue weighted by Gasteiger charge is -2.41. The van der Waals surface area contributed by atoms with Gasteiger partial charge in [-0.15, -0.1) is 0 Å². The zero-order valence-electron chi connectivity index (χ0n) is 21.2. The minimum Gasteiger partial charge on any atom is -1.00 e. The fourth-order valence-electron chi connectivity index (χ4n) is 4.76. The number of benzene rings is 2. The van der Waals surface area contributed by atoms with E-state index in [1.165, 1.54) is 0 Å². The van der Waals surface area contributed by atoms with E-state index in [0.717, 1.165) is 51.8 Å². The van der Waals surface area contributed by atoms with Crippen molar-refractivity contribution in [2.45, 2.75) is 52.4 Å². The lowest BCUT2D eigenvalue weighted by Crippen LogP contribution is -3.08. The quantitative estimate of drug-likeness (QED) is 0.515. The molecular formula is C29H31ClN3O4-. The number of nitrogens with zero attached hydrogens (tertiary/aromatic N) is 2. The van der Waals surface area contributed by atoms with Crippen molar-refractivity contribution in [3.8, 4) is 5.75 Å². The number of hydrogen-bond donors (Lipinski definition) is 1. The summed E-state index contributed by atoms with van der Waals surface area (Å²) in [5.74, 6) is 0.717. The molecule has 8 heteroatoms. The molecule has 2 aromatic rings. The lowest BCUT2D eigenvalue weighted by atomic mass is 9.78. The largest absolute Gasteiger partial charge is 1.00 e. The maximum absolute atomic E-state index is 11.6. The fourth-order valence-corrected chi connectivity index (χ4v) is 4.76. The van der Waals surface area contributed by atoms with Gasteiger partial charge in [0, 0.05) is 5.92 Å². The molecule has 1 N–H and O–H groups in total. The summed E-state index contributed by atoms with van der Waals surface area (Å²) in [5.41, 5.74) is 3.59. The summed E-state index contributed by atoms with van der Waals surface area (Å²) in [4.78, 5) is 22.0. The highest BCUT2D eigenvalue weighted by molar-refractivity contribution is 5.98. The van der Waals surface area contributed by atoms with Crippen molar-refractivity contribution in [1.82, 2.24) is 0 Å². The number of carboxylic acid groups (broad SMARTS) is 1. The maximum atomic E-state index is 11.6. The molecule has 5 rings (SSSR count). The Balaban J connectivity index is 0.00000320. The molecule has 194 valence electrons. The van der Waals surface area contributed by atoms with Crippen LogP contribution in [-0.4, -0.2) is 30.2 Å². The number of carboxylic acids is 1. The zero-order chi connectivity index (χ0) is 25.3. The number of nitrogens with one attached hydrogen (secondary N) is 1. The van der Waals surface area contributed by atoms with Crippen molar-refractivity contribution in [3.63, 3.8) is 0 Å². The van der Waals surface area contributed by atoms with Crippen LogP contribution < -0.4 is 27.2 Å². The van der Waals surface area contributed by atoms with Gasteiger partial charge in [-0.3, -0.25) is 4.99 Å². The normalized spacial score (nSPS) is 23.0. The first-order chi connectivity index (χ1) is 17.3. The number of aliphatic imine (C=N–C) groups is 2. The van der Waals surface area contributed by atoms with Crippen molar-refractivity contribution >= 4 is 18.0 Å². The average Bonchev–Trinajstić information content (AvgIpc) is 3.21. The molecule has 0 bridgehead atoms. The summed E-state index contributed by atoms with van der Waals surface area (Å²) in [6, 6.07) is 18.1. The molecule has 0 amide bonds. The summed E-state index contributed by atoms with van der Waals surface area (Å²) >= 11 is 0. The molecule has 2 aliphatic heterocycles.